The van der Waals surface area contributed by atoms with Crippen LogP contribution in [0, 0.1) is 5.41 Å². The highest BCUT2D eigenvalue weighted by molar-refractivity contribution is 6.64. The summed E-state index contributed by atoms with van der Waals surface area (Å²) >= 11 is 0. The normalized spacial score (nSPS) is 22.3. The Labute approximate surface area is 111 Å². The van der Waals surface area contributed by atoms with Crippen LogP contribution in [-0.2, 0) is 22.8 Å². The fourth-order valence-electron chi connectivity index (χ4n) is 3.04. The van der Waals surface area contributed by atoms with Crippen molar-refractivity contribution in [3.63, 3.8) is 0 Å². The molecular formula is C12H26O5Si. The van der Waals surface area contributed by atoms with Crippen molar-refractivity contribution in [3.05, 3.63) is 0 Å². The van der Waals surface area contributed by atoms with E-state index in [4.69, 9.17) is 22.8 Å². The van der Waals surface area contributed by atoms with E-state index >= 15 is 0 Å². The standard InChI is InChI=1S/C12H26O5Si/c1-7-8-12(13-3,11(2)9-17-10-11)18(14-4,15-5)16-6/h7-10H2,1-6H3. The van der Waals surface area contributed by atoms with E-state index in [0.717, 1.165) is 12.8 Å². The minimum atomic E-state index is -2.93. The van der Waals surface area contributed by atoms with Crippen molar-refractivity contribution in [2.45, 2.75) is 31.9 Å². The van der Waals surface area contributed by atoms with Gasteiger partial charge in [-0.1, -0.05) is 20.3 Å². The van der Waals surface area contributed by atoms with Gasteiger partial charge in [-0.25, -0.2) is 0 Å². The summed E-state index contributed by atoms with van der Waals surface area (Å²) in [6.45, 7) is 5.56. The molecule has 108 valence electrons. The molecule has 0 aromatic carbocycles. The average Bonchev–Trinajstić information content (AvgIpc) is 2.37. The van der Waals surface area contributed by atoms with Crippen molar-refractivity contribution in [1.29, 1.82) is 0 Å². The van der Waals surface area contributed by atoms with E-state index in [1.807, 2.05) is 0 Å². The second-order valence-electron chi connectivity index (χ2n) is 5.00. The topological polar surface area (TPSA) is 46.2 Å². The highest BCUT2D eigenvalue weighted by atomic mass is 28.4. The van der Waals surface area contributed by atoms with Crippen LogP contribution in [-0.4, -0.2) is 55.7 Å². The van der Waals surface area contributed by atoms with E-state index in [1.165, 1.54) is 0 Å². The zero-order chi connectivity index (χ0) is 13.9. The summed E-state index contributed by atoms with van der Waals surface area (Å²) in [6.07, 6.45) is 1.79. The van der Waals surface area contributed by atoms with E-state index < -0.39 is 14.0 Å². The molecule has 0 aromatic rings. The third kappa shape index (κ3) is 2.05. The Morgan fingerprint density at radius 1 is 1.11 bits per heavy atom. The van der Waals surface area contributed by atoms with Gasteiger partial charge in [0.1, 0.15) is 5.22 Å². The summed E-state index contributed by atoms with van der Waals surface area (Å²) in [5, 5.41) is -0.564. The minimum absolute atomic E-state index is 0.133. The van der Waals surface area contributed by atoms with Crippen LogP contribution < -0.4 is 0 Å². The molecule has 0 aliphatic carbocycles. The molecule has 0 bridgehead atoms. The molecular weight excluding hydrogens is 252 g/mol. The number of methoxy groups -OCH3 is 1. The highest BCUT2D eigenvalue weighted by Gasteiger charge is 2.70. The molecule has 0 radical (unpaired) electrons. The van der Waals surface area contributed by atoms with Gasteiger partial charge in [-0.15, -0.1) is 0 Å². The van der Waals surface area contributed by atoms with Gasteiger partial charge < -0.3 is 22.8 Å². The first-order chi connectivity index (χ1) is 8.51. The SMILES string of the molecule is CCCC(OC)(C1(C)COC1)[Si](OC)(OC)OC. The Morgan fingerprint density at radius 2 is 1.61 bits per heavy atom. The molecule has 0 amide bonds. The van der Waals surface area contributed by atoms with Gasteiger partial charge in [0.2, 0.25) is 0 Å². The Hall–Kier alpha value is 0.0169. The van der Waals surface area contributed by atoms with Gasteiger partial charge in [0.05, 0.1) is 13.2 Å². The molecule has 18 heavy (non-hydrogen) atoms. The Balaban J connectivity index is 3.24. The number of hydrogen-bond acceptors (Lipinski definition) is 5. The highest BCUT2D eigenvalue weighted by Crippen LogP contribution is 2.49. The maximum absolute atomic E-state index is 5.93. The Kier molecular flexibility index (Phi) is 5.34. The maximum atomic E-state index is 5.93. The molecule has 1 aliphatic heterocycles. The van der Waals surface area contributed by atoms with E-state index in [0.29, 0.717) is 13.2 Å². The van der Waals surface area contributed by atoms with Gasteiger partial charge in [-0.05, 0) is 6.42 Å². The first-order valence-corrected chi connectivity index (χ1v) is 8.02. The summed E-state index contributed by atoms with van der Waals surface area (Å²) in [7, 11) is 3.67. The predicted octanol–water partition coefficient (Wildman–Crippen LogP) is 1.63. The molecule has 1 saturated heterocycles. The largest absolute Gasteiger partial charge is 0.534 e. The second kappa shape index (κ2) is 5.98. The van der Waals surface area contributed by atoms with E-state index in [9.17, 15) is 0 Å². The molecule has 1 heterocycles. The van der Waals surface area contributed by atoms with Crippen LogP contribution in [0.5, 0.6) is 0 Å². The van der Waals surface area contributed by atoms with Crippen LogP contribution in [0.2, 0.25) is 0 Å². The van der Waals surface area contributed by atoms with Crippen molar-refractivity contribution < 1.29 is 22.8 Å². The van der Waals surface area contributed by atoms with Crippen molar-refractivity contribution in [3.8, 4) is 0 Å². The maximum Gasteiger partial charge on any atom is 0.534 e. The zero-order valence-electron chi connectivity index (χ0n) is 12.4. The van der Waals surface area contributed by atoms with Gasteiger partial charge in [-0.3, -0.25) is 0 Å². The third-order valence-corrected chi connectivity index (χ3v) is 7.73. The molecule has 1 fully saturated rings. The molecule has 0 N–H and O–H groups in total. The molecule has 6 heteroatoms. The van der Waals surface area contributed by atoms with Crippen molar-refractivity contribution in [2.24, 2.45) is 5.41 Å². The fraction of sp³-hybridized carbons (Fsp3) is 1.00. The fourth-order valence-corrected chi connectivity index (χ4v) is 6.21. The van der Waals surface area contributed by atoms with E-state index in [1.54, 1.807) is 28.4 Å². The van der Waals surface area contributed by atoms with Crippen LogP contribution in [0.15, 0.2) is 0 Å². The van der Waals surface area contributed by atoms with Gasteiger partial charge >= 0.3 is 8.80 Å². The number of rotatable bonds is 8. The molecule has 0 aromatic heterocycles. The predicted molar refractivity (Wildman–Crippen MR) is 70.4 cm³/mol. The molecule has 0 saturated carbocycles. The Morgan fingerprint density at radius 3 is 1.83 bits per heavy atom. The van der Waals surface area contributed by atoms with Crippen LogP contribution in [0.25, 0.3) is 0 Å². The van der Waals surface area contributed by atoms with E-state index in [2.05, 4.69) is 13.8 Å². The molecule has 1 unspecified atom stereocenters. The summed E-state index contributed by atoms with van der Waals surface area (Å²) in [6, 6.07) is 0. The minimum Gasteiger partial charge on any atom is -0.380 e. The van der Waals surface area contributed by atoms with Crippen LogP contribution in [0.1, 0.15) is 26.7 Å². The zero-order valence-corrected chi connectivity index (χ0v) is 13.4. The smallest absolute Gasteiger partial charge is 0.380 e. The van der Waals surface area contributed by atoms with Crippen molar-refractivity contribution in [1.82, 2.24) is 0 Å². The lowest BCUT2D eigenvalue weighted by atomic mass is 9.79. The molecule has 1 rings (SSSR count). The monoisotopic (exact) mass is 278 g/mol. The molecule has 0 spiro atoms. The van der Waals surface area contributed by atoms with Crippen LogP contribution in [0.3, 0.4) is 0 Å². The van der Waals surface area contributed by atoms with Crippen molar-refractivity contribution >= 4 is 8.80 Å². The van der Waals surface area contributed by atoms with Gasteiger partial charge in [-0.2, -0.15) is 0 Å². The lowest BCUT2D eigenvalue weighted by Gasteiger charge is -2.56. The average molecular weight is 278 g/mol. The summed E-state index contributed by atoms with van der Waals surface area (Å²) < 4.78 is 28.4. The summed E-state index contributed by atoms with van der Waals surface area (Å²) in [5.41, 5.74) is -0.133. The van der Waals surface area contributed by atoms with E-state index in [-0.39, 0.29) is 5.41 Å². The number of hydrogen-bond donors (Lipinski definition) is 0. The van der Waals surface area contributed by atoms with Gasteiger partial charge in [0.15, 0.2) is 0 Å². The summed E-state index contributed by atoms with van der Waals surface area (Å²) in [5.74, 6) is 0. The molecule has 1 aliphatic rings. The van der Waals surface area contributed by atoms with Crippen LogP contribution >= 0.6 is 0 Å². The summed E-state index contributed by atoms with van der Waals surface area (Å²) in [4.78, 5) is 0. The van der Waals surface area contributed by atoms with Gasteiger partial charge in [0.25, 0.3) is 0 Å². The number of ether oxygens (including phenoxy) is 2. The van der Waals surface area contributed by atoms with Crippen LogP contribution in [0.4, 0.5) is 0 Å². The Bertz CT molecular complexity index is 257. The lowest BCUT2D eigenvalue weighted by Crippen LogP contribution is -2.75. The quantitative estimate of drug-likeness (QED) is 0.631. The first kappa shape index (κ1) is 16.1. The lowest BCUT2D eigenvalue weighted by molar-refractivity contribution is -0.216. The van der Waals surface area contributed by atoms with Crippen molar-refractivity contribution in [2.75, 3.05) is 41.7 Å². The third-order valence-electron chi connectivity index (χ3n) is 4.07. The first-order valence-electron chi connectivity index (χ1n) is 6.29. The second-order valence-corrected chi connectivity index (χ2v) is 8.15. The molecule has 5 nitrogen and oxygen atoms in total. The molecule has 1 atom stereocenters. The van der Waals surface area contributed by atoms with Gasteiger partial charge in [0, 0.05) is 33.9 Å².